The molecule has 1 rings (SSSR count). The Bertz CT molecular complexity index is 446. The topological polar surface area (TPSA) is 55.3 Å². The van der Waals surface area contributed by atoms with Gasteiger partial charge in [-0.2, -0.15) is 5.11 Å². The average molecular weight is 385 g/mol. The van der Waals surface area contributed by atoms with E-state index in [1.165, 1.54) is 5.70 Å². The minimum atomic E-state index is -10.7. The summed E-state index contributed by atoms with van der Waals surface area (Å²) in [7, 11) is -3.40. The van der Waals surface area contributed by atoms with Gasteiger partial charge in [0, 0.05) is 33.0 Å². The van der Waals surface area contributed by atoms with Crippen LogP contribution in [-0.4, -0.2) is 38.2 Å². The summed E-state index contributed by atoms with van der Waals surface area (Å²) >= 11 is 0. The molecule has 0 unspecified atom stereocenters. The van der Waals surface area contributed by atoms with Crippen LogP contribution in [0.3, 0.4) is 0 Å². The molecule has 0 aliphatic carbocycles. The van der Waals surface area contributed by atoms with Crippen molar-refractivity contribution in [2.24, 2.45) is 10.3 Å². The quantitative estimate of drug-likeness (QED) is 0.225. The van der Waals surface area contributed by atoms with Crippen LogP contribution in [0, 0.1) is 11.8 Å². The Morgan fingerprint density at radius 3 is 1.50 bits per heavy atom. The maximum absolute atomic E-state index is 10.7. The summed E-state index contributed by atoms with van der Waals surface area (Å²) in [5, 5.41) is 10.6. The number of nitrogens with zero attached hydrogens (tertiary/aromatic N) is 4. The van der Waals surface area contributed by atoms with E-state index in [0.29, 0.717) is 0 Å². The Kier molecular flexibility index (Phi) is 11.5. The molecule has 1 heterocycles. The molecule has 0 radical (unpaired) electrons. The number of allylic oxidation sites excluding steroid dienone is 1. The molecule has 0 saturated heterocycles. The molecule has 24 heavy (non-hydrogen) atoms. The number of hydrogen-bond acceptors (Lipinski definition) is 5. The van der Waals surface area contributed by atoms with Crippen LogP contribution in [0.1, 0.15) is 20.8 Å². The van der Waals surface area contributed by atoms with Crippen LogP contribution < -0.4 is 11.0 Å². The SMILES string of the molecule is CC#CC.CC1=CN(C)NN1C.CN=NNC.F[P-](F)(F)(F)(F)F. The maximum atomic E-state index is 9.87. The Labute approximate surface area is 138 Å². The number of hydrazine groups is 2. The van der Waals surface area contributed by atoms with E-state index in [1.807, 2.05) is 44.2 Å². The van der Waals surface area contributed by atoms with E-state index in [9.17, 15) is 25.2 Å². The van der Waals surface area contributed by atoms with Crippen LogP contribution in [0.4, 0.5) is 25.2 Å². The van der Waals surface area contributed by atoms with E-state index >= 15 is 0 Å². The predicted molar refractivity (Wildman–Crippen MR) is 85.0 cm³/mol. The molecule has 0 atom stereocenters. The van der Waals surface area contributed by atoms with Gasteiger partial charge in [0.2, 0.25) is 0 Å². The molecule has 13 heteroatoms. The number of halogens is 6. The Balaban J connectivity index is -0.000000255. The first-order chi connectivity index (χ1) is 10.5. The van der Waals surface area contributed by atoms with Crippen molar-refractivity contribution in [3.8, 4) is 11.8 Å². The zero-order chi connectivity index (χ0) is 20.1. The molecule has 0 aromatic carbocycles. The van der Waals surface area contributed by atoms with Crippen molar-refractivity contribution in [2.45, 2.75) is 20.8 Å². The van der Waals surface area contributed by atoms with Gasteiger partial charge in [-0.3, -0.25) is 15.4 Å². The van der Waals surface area contributed by atoms with Crippen LogP contribution in [-0.2, 0) is 0 Å². The van der Waals surface area contributed by atoms with E-state index in [1.54, 1.807) is 14.1 Å². The molecule has 0 spiro atoms. The fourth-order valence-corrected chi connectivity index (χ4v) is 0.811. The zero-order valence-corrected chi connectivity index (χ0v) is 15.5. The van der Waals surface area contributed by atoms with E-state index < -0.39 is 7.81 Å². The third-order valence-corrected chi connectivity index (χ3v) is 1.67. The first kappa shape index (κ1) is 27.1. The molecule has 2 N–H and O–H groups in total. The Hall–Kier alpha value is -1.73. The average Bonchev–Trinajstić information content (AvgIpc) is 2.65. The molecule has 1 aliphatic heterocycles. The van der Waals surface area contributed by atoms with Crippen LogP contribution >= 0.6 is 7.81 Å². The van der Waals surface area contributed by atoms with Crippen molar-refractivity contribution in [1.29, 1.82) is 0 Å². The second-order valence-electron chi connectivity index (χ2n) is 4.02. The van der Waals surface area contributed by atoms with Gasteiger partial charge >= 0.3 is 33.0 Å². The first-order valence-corrected chi connectivity index (χ1v) is 8.28. The van der Waals surface area contributed by atoms with Crippen molar-refractivity contribution in [1.82, 2.24) is 21.0 Å². The van der Waals surface area contributed by atoms with Crippen LogP contribution in [0.25, 0.3) is 0 Å². The zero-order valence-electron chi connectivity index (χ0n) is 14.6. The monoisotopic (exact) mass is 385 g/mol. The van der Waals surface area contributed by atoms with Gasteiger partial charge < -0.3 is 0 Å². The van der Waals surface area contributed by atoms with Gasteiger partial charge in [-0.05, 0) is 20.8 Å². The van der Waals surface area contributed by atoms with Gasteiger partial charge in [0.05, 0.1) is 7.05 Å². The number of nitrogens with one attached hydrogen (secondary N) is 2. The Morgan fingerprint density at radius 1 is 1.08 bits per heavy atom. The molecule has 0 saturated carbocycles. The van der Waals surface area contributed by atoms with Crippen LogP contribution in [0.15, 0.2) is 22.2 Å². The molecule has 0 aromatic heterocycles. The Morgan fingerprint density at radius 2 is 1.46 bits per heavy atom. The summed E-state index contributed by atoms with van der Waals surface area (Å²) in [5.41, 5.74) is 6.75. The fourth-order valence-electron chi connectivity index (χ4n) is 0.811. The van der Waals surface area contributed by atoms with Gasteiger partial charge in [-0.1, -0.05) is 5.22 Å². The molecular formula is C11H24F6N6P-. The number of rotatable bonds is 1. The summed E-state index contributed by atoms with van der Waals surface area (Å²) in [4.78, 5) is 0. The van der Waals surface area contributed by atoms with Gasteiger partial charge in [0.25, 0.3) is 0 Å². The standard InChI is InChI=1S/C5H11N3.C4H6.C2H7N3.F6P/c1-5-4-7(2)6-8(5)3;1-3-4-2;1-3-5-4-2;1-7(2,3,4,5)6/h4,6H,1-3H3;1-2H3;1-2H3,(H,3,4);/q;;;-1. The van der Waals surface area contributed by atoms with Crippen LogP contribution in [0.2, 0.25) is 0 Å². The third-order valence-electron chi connectivity index (χ3n) is 1.67. The molecular weight excluding hydrogens is 361 g/mol. The van der Waals surface area contributed by atoms with Crippen molar-refractivity contribution >= 4 is 7.81 Å². The van der Waals surface area contributed by atoms with Gasteiger partial charge in [0.15, 0.2) is 0 Å². The van der Waals surface area contributed by atoms with Gasteiger partial charge in [-0.15, -0.1) is 17.4 Å². The molecule has 1 aliphatic rings. The van der Waals surface area contributed by atoms with Crippen molar-refractivity contribution in [2.75, 3.05) is 28.2 Å². The summed E-state index contributed by atoms with van der Waals surface area (Å²) < 4.78 is 59.2. The summed E-state index contributed by atoms with van der Waals surface area (Å²) in [6.45, 7) is 5.69. The molecule has 0 fully saturated rings. The first-order valence-electron chi connectivity index (χ1n) is 6.25. The normalized spacial score (nSPS) is 15.8. The second kappa shape index (κ2) is 10.2. The van der Waals surface area contributed by atoms with Crippen molar-refractivity contribution in [3.05, 3.63) is 11.9 Å². The van der Waals surface area contributed by atoms with E-state index in [0.717, 1.165) is 0 Å². The molecule has 0 bridgehead atoms. The fraction of sp³-hybridized carbons (Fsp3) is 0.636. The van der Waals surface area contributed by atoms with Gasteiger partial charge in [0.1, 0.15) is 0 Å². The number of hydrogen-bond donors (Lipinski definition) is 2. The third kappa shape index (κ3) is 42.7. The molecule has 0 amide bonds. The van der Waals surface area contributed by atoms with Crippen molar-refractivity contribution in [3.63, 3.8) is 0 Å². The van der Waals surface area contributed by atoms with E-state index in [4.69, 9.17) is 0 Å². The van der Waals surface area contributed by atoms with Gasteiger partial charge in [-0.25, -0.2) is 0 Å². The van der Waals surface area contributed by atoms with Crippen molar-refractivity contribution < 1.29 is 25.2 Å². The summed E-state index contributed by atoms with van der Waals surface area (Å²) in [5.74, 6) is 5.36. The molecule has 0 aromatic rings. The summed E-state index contributed by atoms with van der Waals surface area (Å²) in [6, 6.07) is 0. The predicted octanol–water partition coefficient (Wildman–Crippen LogP) is 4.76. The van der Waals surface area contributed by atoms with E-state index in [2.05, 4.69) is 40.1 Å². The van der Waals surface area contributed by atoms with Crippen LogP contribution in [0.5, 0.6) is 0 Å². The molecule has 6 nitrogen and oxygen atoms in total. The molecule has 146 valence electrons. The second-order valence-corrected chi connectivity index (χ2v) is 5.94. The minimum absolute atomic E-state index is 1.23. The summed E-state index contributed by atoms with van der Waals surface area (Å²) in [6.07, 6.45) is 2.03. The van der Waals surface area contributed by atoms with E-state index in [-0.39, 0.29) is 0 Å².